The van der Waals surface area contributed by atoms with Crippen LogP contribution in [0.4, 0.5) is 8.78 Å². The van der Waals surface area contributed by atoms with Gasteiger partial charge in [-0.1, -0.05) is 6.07 Å². The van der Waals surface area contributed by atoms with Crippen molar-refractivity contribution >= 4 is 0 Å². The Bertz CT molecular complexity index is 274. The summed E-state index contributed by atoms with van der Waals surface area (Å²) in [6.07, 6.45) is 0. The standard InChI is InChI=1S/C8H8F2O2/c1-5-2-3-6(11)4-7(5)12-8(9)10/h2-4,8,11H,1H3. The summed E-state index contributed by atoms with van der Waals surface area (Å²) < 4.78 is 27.6. The normalized spacial score (nSPS) is 10.3. The fourth-order valence-electron chi connectivity index (χ4n) is 0.812. The minimum Gasteiger partial charge on any atom is -0.508 e. The molecule has 0 aliphatic rings. The van der Waals surface area contributed by atoms with E-state index in [9.17, 15) is 8.78 Å². The Morgan fingerprint density at radius 2 is 2.08 bits per heavy atom. The van der Waals surface area contributed by atoms with Crippen molar-refractivity contribution in [3.8, 4) is 11.5 Å². The number of aryl methyl sites for hydroxylation is 1. The lowest BCUT2D eigenvalue weighted by atomic mass is 10.2. The number of rotatable bonds is 2. The van der Waals surface area contributed by atoms with Crippen LogP contribution in [0.1, 0.15) is 5.56 Å². The molecule has 0 atom stereocenters. The van der Waals surface area contributed by atoms with Crippen molar-refractivity contribution in [1.29, 1.82) is 0 Å². The summed E-state index contributed by atoms with van der Waals surface area (Å²) >= 11 is 0. The number of phenols is 1. The first-order chi connectivity index (χ1) is 5.59. The third-order valence-corrected chi connectivity index (χ3v) is 1.39. The van der Waals surface area contributed by atoms with Gasteiger partial charge in [-0.25, -0.2) is 0 Å². The lowest BCUT2D eigenvalue weighted by Gasteiger charge is -2.07. The molecule has 0 amide bonds. The molecule has 0 radical (unpaired) electrons. The Morgan fingerprint density at radius 1 is 1.42 bits per heavy atom. The molecule has 1 rings (SSSR count). The minimum atomic E-state index is -2.86. The second kappa shape index (κ2) is 3.38. The van der Waals surface area contributed by atoms with Crippen molar-refractivity contribution in [1.82, 2.24) is 0 Å². The average Bonchev–Trinajstić information content (AvgIpc) is 1.96. The van der Waals surface area contributed by atoms with Gasteiger partial charge in [-0.2, -0.15) is 8.78 Å². The third kappa shape index (κ3) is 2.08. The van der Waals surface area contributed by atoms with Crippen LogP contribution >= 0.6 is 0 Å². The Kier molecular flexibility index (Phi) is 2.47. The first-order valence-corrected chi connectivity index (χ1v) is 3.34. The van der Waals surface area contributed by atoms with Crippen LogP contribution in [0.15, 0.2) is 18.2 Å². The molecule has 0 aliphatic heterocycles. The molecule has 0 unspecified atom stereocenters. The quantitative estimate of drug-likeness (QED) is 0.745. The number of phenolic OH excluding ortho intramolecular Hbond substituents is 1. The Hall–Kier alpha value is -1.32. The topological polar surface area (TPSA) is 29.5 Å². The van der Waals surface area contributed by atoms with Gasteiger partial charge in [-0.05, 0) is 18.6 Å². The minimum absolute atomic E-state index is 0.00463. The molecule has 0 aliphatic carbocycles. The van der Waals surface area contributed by atoms with Crippen molar-refractivity contribution in [3.63, 3.8) is 0 Å². The van der Waals surface area contributed by atoms with Gasteiger partial charge in [0.15, 0.2) is 0 Å². The van der Waals surface area contributed by atoms with Crippen molar-refractivity contribution in [2.75, 3.05) is 0 Å². The summed E-state index contributed by atoms with van der Waals surface area (Å²) in [5.41, 5.74) is 0.563. The number of benzene rings is 1. The second-order valence-corrected chi connectivity index (χ2v) is 2.33. The highest BCUT2D eigenvalue weighted by molar-refractivity contribution is 5.38. The number of alkyl halides is 2. The van der Waals surface area contributed by atoms with Gasteiger partial charge in [-0.3, -0.25) is 0 Å². The fraction of sp³-hybridized carbons (Fsp3) is 0.250. The number of ether oxygens (including phenoxy) is 1. The van der Waals surface area contributed by atoms with E-state index in [1.165, 1.54) is 12.1 Å². The largest absolute Gasteiger partial charge is 0.508 e. The molecule has 1 N–H and O–H groups in total. The highest BCUT2D eigenvalue weighted by Gasteiger charge is 2.07. The SMILES string of the molecule is Cc1ccc(O)cc1OC(F)F. The van der Waals surface area contributed by atoms with E-state index in [4.69, 9.17) is 5.11 Å². The van der Waals surface area contributed by atoms with Crippen molar-refractivity contribution in [2.24, 2.45) is 0 Å². The van der Waals surface area contributed by atoms with Gasteiger partial charge in [0.2, 0.25) is 0 Å². The first kappa shape index (κ1) is 8.77. The van der Waals surface area contributed by atoms with Crippen molar-refractivity contribution < 1.29 is 18.6 Å². The summed E-state index contributed by atoms with van der Waals surface area (Å²) in [4.78, 5) is 0. The first-order valence-electron chi connectivity index (χ1n) is 3.34. The molecular formula is C8H8F2O2. The van der Waals surface area contributed by atoms with Crippen LogP contribution in [0, 0.1) is 6.92 Å². The van der Waals surface area contributed by atoms with Gasteiger partial charge in [0.1, 0.15) is 11.5 Å². The second-order valence-electron chi connectivity index (χ2n) is 2.33. The van der Waals surface area contributed by atoms with E-state index in [0.29, 0.717) is 5.56 Å². The van der Waals surface area contributed by atoms with E-state index in [-0.39, 0.29) is 11.5 Å². The molecule has 1 aromatic carbocycles. The smallest absolute Gasteiger partial charge is 0.387 e. The van der Waals surface area contributed by atoms with Gasteiger partial charge < -0.3 is 9.84 Å². The Morgan fingerprint density at radius 3 is 2.67 bits per heavy atom. The van der Waals surface area contributed by atoms with Crippen LogP contribution in [0.25, 0.3) is 0 Å². The van der Waals surface area contributed by atoms with E-state index in [1.807, 2.05) is 0 Å². The maximum atomic E-state index is 11.7. The van der Waals surface area contributed by atoms with Gasteiger partial charge in [0, 0.05) is 6.07 Å². The monoisotopic (exact) mass is 174 g/mol. The Balaban J connectivity index is 2.90. The average molecular weight is 174 g/mol. The van der Waals surface area contributed by atoms with Crippen LogP contribution in [-0.2, 0) is 0 Å². The molecule has 0 fully saturated rings. The number of hydrogen-bond acceptors (Lipinski definition) is 2. The Labute approximate surface area is 68.4 Å². The van der Waals surface area contributed by atoms with Gasteiger partial charge in [0.05, 0.1) is 0 Å². The number of aromatic hydroxyl groups is 1. The fourth-order valence-corrected chi connectivity index (χ4v) is 0.812. The van der Waals surface area contributed by atoms with Gasteiger partial charge >= 0.3 is 6.61 Å². The summed E-state index contributed by atoms with van der Waals surface area (Å²) in [7, 11) is 0. The zero-order chi connectivity index (χ0) is 9.14. The highest BCUT2D eigenvalue weighted by atomic mass is 19.3. The molecule has 0 saturated carbocycles. The maximum absolute atomic E-state index is 11.7. The van der Waals surface area contributed by atoms with E-state index in [1.54, 1.807) is 6.92 Å². The lowest BCUT2D eigenvalue weighted by molar-refractivity contribution is -0.0503. The van der Waals surface area contributed by atoms with E-state index < -0.39 is 6.61 Å². The van der Waals surface area contributed by atoms with Crippen LogP contribution in [-0.4, -0.2) is 11.7 Å². The van der Waals surface area contributed by atoms with Gasteiger partial charge in [0.25, 0.3) is 0 Å². The molecule has 0 spiro atoms. The predicted molar refractivity (Wildman–Crippen MR) is 39.5 cm³/mol. The molecule has 1 aromatic rings. The highest BCUT2D eigenvalue weighted by Crippen LogP contribution is 2.24. The van der Waals surface area contributed by atoms with Crippen molar-refractivity contribution in [3.05, 3.63) is 23.8 Å². The lowest BCUT2D eigenvalue weighted by Crippen LogP contribution is -2.02. The molecule has 4 heteroatoms. The zero-order valence-corrected chi connectivity index (χ0v) is 6.42. The van der Waals surface area contributed by atoms with E-state index in [0.717, 1.165) is 6.07 Å². The molecule has 2 nitrogen and oxygen atoms in total. The predicted octanol–water partition coefficient (Wildman–Crippen LogP) is 2.30. The molecule has 66 valence electrons. The molecule has 0 aromatic heterocycles. The number of halogens is 2. The van der Waals surface area contributed by atoms with Gasteiger partial charge in [-0.15, -0.1) is 0 Å². The molecular weight excluding hydrogens is 166 g/mol. The van der Waals surface area contributed by atoms with Crippen LogP contribution in [0.2, 0.25) is 0 Å². The molecule has 0 saturated heterocycles. The van der Waals surface area contributed by atoms with Crippen molar-refractivity contribution in [2.45, 2.75) is 13.5 Å². The van der Waals surface area contributed by atoms with E-state index in [2.05, 4.69) is 4.74 Å². The molecule has 0 heterocycles. The molecule has 12 heavy (non-hydrogen) atoms. The maximum Gasteiger partial charge on any atom is 0.387 e. The van der Waals surface area contributed by atoms with Crippen LogP contribution in [0.3, 0.4) is 0 Å². The van der Waals surface area contributed by atoms with Crippen LogP contribution in [0.5, 0.6) is 11.5 Å². The zero-order valence-electron chi connectivity index (χ0n) is 6.42. The third-order valence-electron chi connectivity index (χ3n) is 1.39. The number of hydrogen-bond donors (Lipinski definition) is 1. The molecule has 0 bridgehead atoms. The van der Waals surface area contributed by atoms with Crippen LogP contribution < -0.4 is 4.74 Å². The summed E-state index contributed by atoms with van der Waals surface area (Å²) in [6, 6.07) is 4.07. The summed E-state index contributed by atoms with van der Waals surface area (Å²) in [6.45, 7) is -1.23. The summed E-state index contributed by atoms with van der Waals surface area (Å²) in [5.74, 6) is -0.0822. The van der Waals surface area contributed by atoms with E-state index >= 15 is 0 Å². The summed E-state index contributed by atoms with van der Waals surface area (Å²) in [5, 5.41) is 8.93.